The minimum atomic E-state index is -0.271. The molecule has 0 aliphatic carbocycles. The number of nitrogens with one attached hydrogen (secondary N) is 1. The van der Waals surface area contributed by atoms with E-state index >= 15 is 0 Å². The van der Waals surface area contributed by atoms with E-state index in [-0.39, 0.29) is 11.9 Å². The molecule has 0 saturated carbocycles. The normalized spacial score (nSPS) is 10.7. The maximum absolute atomic E-state index is 11.9. The summed E-state index contributed by atoms with van der Waals surface area (Å²) in [5, 5.41) is 6.87. The third-order valence-corrected chi connectivity index (χ3v) is 2.39. The molecule has 0 fully saturated rings. The van der Waals surface area contributed by atoms with Gasteiger partial charge in [0.25, 0.3) is 5.91 Å². The van der Waals surface area contributed by atoms with Gasteiger partial charge in [-0.25, -0.2) is 9.97 Å². The molecule has 0 bridgehead atoms. The SMILES string of the molecule is Cc1nccc(NC(=O)c2ccn(C(C)C)n2)n1. The number of carbonyl (C=O) groups excluding carboxylic acids is 1. The van der Waals surface area contributed by atoms with Gasteiger partial charge in [0, 0.05) is 18.4 Å². The Balaban J connectivity index is 2.12. The van der Waals surface area contributed by atoms with Crippen LogP contribution in [0.4, 0.5) is 5.82 Å². The fourth-order valence-electron chi connectivity index (χ4n) is 1.45. The number of rotatable bonds is 3. The van der Waals surface area contributed by atoms with Gasteiger partial charge in [0.2, 0.25) is 0 Å². The molecule has 0 aromatic carbocycles. The van der Waals surface area contributed by atoms with E-state index in [1.54, 1.807) is 36.1 Å². The van der Waals surface area contributed by atoms with E-state index in [0.29, 0.717) is 17.3 Å². The van der Waals surface area contributed by atoms with Gasteiger partial charge in [-0.1, -0.05) is 0 Å². The Morgan fingerprint density at radius 3 is 2.78 bits per heavy atom. The number of amides is 1. The molecule has 2 aromatic heterocycles. The molecule has 2 aromatic rings. The first-order valence-electron chi connectivity index (χ1n) is 5.72. The van der Waals surface area contributed by atoms with Gasteiger partial charge in [-0.2, -0.15) is 5.10 Å². The zero-order valence-corrected chi connectivity index (χ0v) is 10.6. The van der Waals surface area contributed by atoms with Crippen LogP contribution in [0.5, 0.6) is 0 Å². The summed E-state index contributed by atoms with van der Waals surface area (Å²) in [5.41, 5.74) is 0.375. The van der Waals surface area contributed by atoms with Gasteiger partial charge >= 0.3 is 0 Å². The summed E-state index contributed by atoms with van der Waals surface area (Å²) in [6.07, 6.45) is 3.38. The number of anilines is 1. The second-order valence-electron chi connectivity index (χ2n) is 4.22. The molecule has 1 N–H and O–H groups in total. The fourth-order valence-corrected chi connectivity index (χ4v) is 1.45. The third kappa shape index (κ3) is 2.71. The minimum absolute atomic E-state index is 0.229. The second kappa shape index (κ2) is 4.95. The van der Waals surface area contributed by atoms with Crippen LogP contribution < -0.4 is 5.32 Å². The van der Waals surface area contributed by atoms with Crippen molar-refractivity contribution in [1.29, 1.82) is 0 Å². The van der Waals surface area contributed by atoms with Crippen molar-refractivity contribution in [3.05, 3.63) is 36.0 Å². The monoisotopic (exact) mass is 245 g/mol. The Labute approximate surface area is 105 Å². The molecule has 6 heteroatoms. The number of carbonyl (C=O) groups is 1. The molecule has 2 rings (SSSR count). The number of nitrogens with zero attached hydrogens (tertiary/aromatic N) is 4. The Morgan fingerprint density at radius 1 is 1.39 bits per heavy atom. The quantitative estimate of drug-likeness (QED) is 0.895. The Morgan fingerprint density at radius 2 is 2.17 bits per heavy atom. The largest absolute Gasteiger partial charge is 0.305 e. The molecule has 0 atom stereocenters. The summed E-state index contributed by atoms with van der Waals surface area (Å²) in [6.45, 7) is 5.77. The lowest BCUT2D eigenvalue weighted by molar-refractivity contribution is 0.102. The Bertz CT molecular complexity index is 561. The molecule has 0 aliphatic rings. The highest BCUT2D eigenvalue weighted by Crippen LogP contribution is 2.07. The van der Waals surface area contributed by atoms with Crippen molar-refractivity contribution < 1.29 is 4.79 Å². The lowest BCUT2D eigenvalue weighted by Crippen LogP contribution is -2.15. The van der Waals surface area contributed by atoms with Gasteiger partial charge in [-0.05, 0) is 32.9 Å². The first-order valence-corrected chi connectivity index (χ1v) is 5.72. The fraction of sp³-hybridized carbons (Fsp3) is 0.333. The molecule has 2 heterocycles. The van der Waals surface area contributed by atoms with E-state index in [0.717, 1.165) is 0 Å². The molecular weight excluding hydrogens is 230 g/mol. The molecule has 18 heavy (non-hydrogen) atoms. The summed E-state index contributed by atoms with van der Waals surface area (Å²) in [7, 11) is 0. The van der Waals surface area contributed by atoms with E-state index < -0.39 is 0 Å². The van der Waals surface area contributed by atoms with Crippen molar-refractivity contribution in [3.8, 4) is 0 Å². The molecule has 1 amide bonds. The smallest absolute Gasteiger partial charge is 0.277 e. The van der Waals surface area contributed by atoms with Gasteiger partial charge in [-0.3, -0.25) is 9.48 Å². The summed E-state index contributed by atoms with van der Waals surface area (Å²) in [6, 6.07) is 3.56. The van der Waals surface area contributed by atoms with Gasteiger partial charge < -0.3 is 5.32 Å². The van der Waals surface area contributed by atoms with Gasteiger partial charge in [0.1, 0.15) is 11.6 Å². The van der Waals surface area contributed by atoms with Crippen molar-refractivity contribution in [2.75, 3.05) is 5.32 Å². The van der Waals surface area contributed by atoms with Crippen LogP contribution in [-0.4, -0.2) is 25.7 Å². The molecule has 0 aliphatic heterocycles. The summed E-state index contributed by atoms with van der Waals surface area (Å²) in [5.74, 6) is 0.819. The average molecular weight is 245 g/mol. The predicted octanol–water partition coefficient (Wildman–Crippen LogP) is 1.81. The van der Waals surface area contributed by atoms with Gasteiger partial charge in [0.15, 0.2) is 5.69 Å². The molecule has 0 spiro atoms. The molecule has 0 saturated heterocycles. The van der Waals surface area contributed by atoms with E-state index in [9.17, 15) is 4.79 Å². The van der Waals surface area contributed by atoms with E-state index in [1.165, 1.54) is 0 Å². The highest BCUT2D eigenvalue weighted by atomic mass is 16.2. The maximum Gasteiger partial charge on any atom is 0.277 e. The van der Waals surface area contributed by atoms with E-state index in [4.69, 9.17) is 0 Å². The van der Waals surface area contributed by atoms with Crippen LogP contribution in [0.15, 0.2) is 24.5 Å². The standard InChI is InChI=1S/C12H15N5O/c1-8(2)17-7-5-10(16-17)12(18)15-11-4-6-13-9(3)14-11/h4-8H,1-3H3,(H,13,14,15,18). The molecular formula is C12H15N5O. The van der Waals surface area contributed by atoms with Crippen LogP contribution in [0.2, 0.25) is 0 Å². The van der Waals surface area contributed by atoms with E-state index in [2.05, 4.69) is 20.4 Å². The summed E-state index contributed by atoms with van der Waals surface area (Å²) < 4.78 is 1.74. The summed E-state index contributed by atoms with van der Waals surface area (Å²) in [4.78, 5) is 20.0. The lowest BCUT2D eigenvalue weighted by Gasteiger charge is -2.04. The third-order valence-electron chi connectivity index (χ3n) is 2.39. The molecule has 0 radical (unpaired) electrons. The van der Waals surface area contributed by atoms with Gasteiger partial charge in [0.05, 0.1) is 0 Å². The van der Waals surface area contributed by atoms with Crippen LogP contribution in [0.25, 0.3) is 0 Å². The van der Waals surface area contributed by atoms with Crippen LogP contribution in [0.3, 0.4) is 0 Å². The van der Waals surface area contributed by atoms with Crippen LogP contribution in [0.1, 0.15) is 36.2 Å². The minimum Gasteiger partial charge on any atom is -0.305 e. The van der Waals surface area contributed by atoms with Crippen molar-refractivity contribution in [2.24, 2.45) is 0 Å². The van der Waals surface area contributed by atoms with E-state index in [1.807, 2.05) is 13.8 Å². The predicted molar refractivity (Wildman–Crippen MR) is 67.3 cm³/mol. The zero-order valence-electron chi connectivity index (χ0n) is 10.6. The van der Waals surface area contributed by atoms with Crippen LogP contribution in [0, 0.1) is 6.92 Å². The number of aromatic nitrogens is 4. The zero-order chi connectivity index (χ0) is 13.1. The molecule has 0 unspecified atom stereocenters. The Kier molecular flexibility index (Phi) is 3.36. The van der Waals surface area contributed by atoms with Gasteiger partial charge in [-0.15, -0.1) is 0 Å². The van der Waals surface area contributed by atoms with Crippen LogP contribution in [-0.2, 0) is 0 Å². The van der Waals surface area contributed by atoms with Crippen molar-refractivity contribution in [3.63, 3.8) is 0 Å². The number of aryl methyl sites for hydroxylation is 1. The second-order valence-corrected chi connectivity index (χ2v) is 4.22. The topological polar surface area (TPSA) is 72.7 Å². The molecule has 94 valence electrons. The van der Waals surface area contributed by atoms with Crippen molar-refractivity contribution >= 4 is 11.7 Å². The average Bonchev–Trinajstić information content (AvgIpc) is 2.78. The molecule has 6 nitrogen and oxygen atoms in total. The number of hydrogen-bond acceptors (Lipinski definition) is 4. The first-order chi connectivity index (χ1) is 8.56. The van der Waals surface area contributed by atoms with Crippen molar-refractivity contribution in [2.45, 2.75) is 26.8 Å². The summed E-state index contributed by atoms with van der Waals surface area (Å²) >= 11 is 0. The first kappa shape index (κ1) is 12.2. The Hall–Kier alpha value is -2.24. The maximum atomic E-state index is 11.9. The number of hydrogen-bond donors (Lipinski definition) is 1. The lowest BCUT2D eigenvalue weighted by atomic mass is 10.4. The van der Waals surface area contributed by atoms with Crippen molar-refractivity contribution in [1.82, 2.24) is 19.7 Å². The van der Waals surface area contributed by atoms with Crippen LogP contribution >= 0.6 is 0 Å². The highest BCUT2D eigenvalue weighted by Gasteiger charge is 2.11. The highest BCUT2D eigenvalue weighted by molar-refractivity contribution is 6.02.